The van der Waals surface area contributed by atoms with E-state index >= 15 is 0 Å². The highest BCUT2D eigenvalue weighted by atomic mass is 16.5. The van der Waals surface area contributed by atoms with Gasteiger partial charge in [0.15, 0.2) is 0 Å². The molecule has 3 heteroatoms. The topological polar surface area (TPSA) is 45.0 Å². The van der Waals surface area contributed by atoms with E-state index in [-0.39, 0.29) is 5.54 Å². The van der Waals surface area contributed by atoms with Crippen LogP contribution in [0, 0.1) is 23.2 Å². The van der Waals surface area contributed by atoms with Crippen molar-refractivity contribution in [2.45, 2.75) is 69.9 Å². The molecule has 4 atom stereocenters. The molecule has 2 fully saturated rings. The third-order valence-electron chi connectivity index (χ3n) is 5.17. The van der Waals surface area contributed by atoms with Crippen molar-refractivity contribution in [2.24, 2.45) is 11.8 Å². The minimum Gasteiger partial charge on any atom is -0.378 e. The van der Waals surface area contributed by atoms with Crippen LogP contribution in [0.25, 0.3) is 0 Å². The molecule has 2 aliphatic carbocycles. The molecule has 0 heterocycles. The molecule has 0 aliphatic heterocycles. The minimum absolute atomic E-state index is 0.288. The average Bonchev–Trinajstić information content (AvgIpc) is 2.82. The van der Waals surface area contributed by atoms with Crippen molar-refractivity contribution in [1.82, 2.24) is 5.32 Å². The van der Waals surface area contributed by atoms with Gasteiger partial charge in [0.2, 0.25) is 0 Å². The molecule has 0 aromatic heterocycles. The lowest BCUT2D eigenvalue weighted by Crippen LogP contribution is -2.45. The van der Waals surface area contributed by atoms with Crippen molar-refractivity contribution in [3.63, 3.8) is 0 Å². The van der Waals surface area contributed by atoms with Gasteiger partial charge in [0.1, 0.15) is 5.54 Å². The molecule has 19 heavy (non-hydrogen) atoms. The number of ether oxygens (including phenoxy) is 1. The van der Waals surface area contributed by atoms with Crippen LogP contribution in [-0.2, 0) is 4.74 Å². The first-order valence-electron chi connectivity index (χ1n) is 7.92. The zero-order valence-electron chi connectivity index (χ0n) is 12.5. The van der Waals surface area contributed by atoms with Gasteiger partial charge in [-0.2, -0.15) is 5.26 Å². The van der Waals surface area contributed by atoms with E-state index in [0.29, 0.717) is 12.0 Å². The van der Waals surface area contributed by atoms with Crippen LogP contribution in [0.5, 0.6) is 0 Å². The zero-order chi connectivity index (χ0) is 13.7. The summed E-state index contributed by atoms with van der Waals surface area (Å²) in [7, 11) is 1.92. The fourth-order valence-corrected chi connectivity index (χ4v) is 3.91. The molecular weight excluding hydrogens is 236 g/mol. The van der Waals surface area contributed by atoms with Gasteiger partial charge in [-0.15, -0.1) is 0 Å². The van der Waals surface area contributed by atoms with Crippen molar-refractivity contribution in [3.8, 4) is 6.07 Å². The summed E-state index contributed by atoms with van der Waals surface area (Å²) in [6.07, 6.45) is 9.94. The van der Waals surface area contributed by atoms with Gasteiger partial charge in [-0.05, 0) is 51.0 Å². The van der Waals surface area contributed by atoms with Crippen LogP contribution >= 0.6 is 0 Å². The molecule has 4 unspecified atom stereocenters. The number of nitrogens with zero attached hydrogens (tertiary/aromatic N) is 1. The van der Waals surface area contributed by atoms with Crippen LogP contribution in [0.3, 0.4) is 0 Å². The van der Waals surface area contributed by atoms with Gasteiger partial charge < -0.3 is 10.1 Å². The van der Waals surface area contributed by atoms with Crippen LogP contribution in [-0.4, -0.2) is 25.3 Å². The zero-order valence-corrected chi connectivity index (χ0v) is 12.5. The molecule has 0 saturated heterocycles. The Bertz CT molecular complexity index is 325. The highest BCUT2D eigenvalue weighted by Crippen LogP contribution is 2.37. The summed E-state index contributed by atoms with van der Waals surface area (Å²) in [6, 6.07) is 2.51. The normalized spacial score (nSPS) is 39.1. The fourth-order valence-electron chi connectivity index (χ4n) is 3.91. The second-order valence-corrected chi connectivity index (χ2v) is 6.48. The Morgan fingerprint density at radius 2 is 2.16 bits per heavy atom. The first-order chi connectivity index (χ1) is 9.20. The first-order valence-corrected chi connectivity index (χ1v) is 7.92. The quantitative estimate of drug-likeness (QED) is 0.829. The van der Waals surface area contributed by atoms with Gasteiger partial charge in [-0.3, -0.25) is 0 Å². The van der Waals surface area contributed by atoms with Crippen LogP contribution in [0.4, 0.5) is 0 Å². The lowest BCUT2D eigenvalue weighted by molar-refractivity contribution is 0.00690. The third-order valence-corrected chi connectivity index (χ3v) is 5.17. The van der Waals surface area contributed by atoms with Crippen LogP contribution in [0.15, 0.2) is 0 Å². The Morgan fingerprint density at radius 3 is 2.84 bits per heavy atom. The van der Waals surface area contributed by atoms with Crippen molar-refractivity contribution in [2.75, 3.05) is 13.7 Å². The first kappa shape index (κ1) is 14.8. The van der Waals surface area contributed by atoms with Gasteiger partial charge in [0.05, 0.1) is 12.2 Å². The van der Waals surface area contributed by atoms with Crippen LogP contribution in [0.1, 0.15) is 58.3 Å². The lowest BCUT2D eigenvalue weighted by atomic mass is 9.86. The highest BCUT2D eigenvalue weighted by Gasteiger charge is 2.41. The number of nitriles is 1. The number of rotatable bonds is 5. The van der Waals surface area contributed by atoms with Crippen LogP contribution in [0.2, 0.25) is 0 Å². The standard InChI is InChI=1S/C16H28N2O/c1-13-5-3-7-15(11-13)19-10-8-14-6-4-9-16(14,12-17)18-2/h13-15,18H,3-11H2,1-2H3. The van der Waals surface area contributed by atoms with E-state index in [0.717, 1.165) is 25.4 Å². The second kappa shape index (κ2) is 6.72. The molecule has 0 aromatic rings. The molecular formula is C16H28N2O. The van der Waals surface area contributed by atoms with E-state index < -0.39 is 0 Å². The summed E-state index contributed by atoms with van der Waals surface area (Å²) in [5.41, 5.74) is -0.288. The summed E-state index contributed by atoms with van der Waals surface area (Å²) in [5.74, 6) is 1.28. The smallest absolute Gasteiger partial charge is 0.109 e. The summed E-state index contributed by atoms with van der Waals surface area (Å²) in [4.78, 5) is 0. The monoisotopic (exact) mass is 264 g/mol. The number of nitrogens with one attached hydrogen (secondary N) is 1. The van der Waals surface area contributed by atoms with Crippen LogP contribution < -0.4 is 5.32 Å². The highest BCUT2D eigenvalue weighted by molar-refractivity contribution is 5.13. The Morgan fingerprint density at radius 1 is 1.32 bits per heavy atom. The van der Waals surface area contributed by atoms with E-state index in [1.807, 2.05) is 7.05 Å². The summed E-state index contributed by atoms with van der Waals surface area (Å²) >= 11 is 0. The predicted octanol–water partition coefficient (Wildman–Crippen LogP) is 3.25. The molecule has 1 N–H and O–H groups in total. The largest absolute Gasteiger partial charge is 0.378 e. The Labute approximate surface area is 117 Å². The maximum absolute atomic E-state index is 9.42. The molecule has 2 saturated carbocycles. The molecule has 108 valence electrons. The van der Waals surface area contributed by atoms with E-state index in [1.165, 1.54) is 38.5 Å². The summed E-state index contributed by atoms with van der Waals surface area (Å²) in [5, 5.41) is 12.7. The summed E-state index contributed by atoms with van der Waals surface area (Å²) < 4.78 is 6.06. The molecule has 0 spiro atoms. The Hall–Kier alpha value is -0.590. The lowest BCUT2D eigenvalue weighted by Gasteiger charge is -2.30. The number of hydrogen-bond donors (Lipinski definition) is 1. The van der Waals surface area contributed by atoms with E-state index in [9.17, 15) is 5.26 Å². The van der Waals surface area contributed by atoms with Gasteiger partial charge in [-0.25, -0.2) is 0 Å². The SMILES string of the molecule is CNC1(C#N)CCCC1CCOC1CCCC(C)C1. The predicted molar refractivity (Wildman–Crippen MR) is 76.7 cm³/mol. The number of hydrogen-bond acceptors (Lipinski definition) is 3. The molecule has 2 aliphatic rings. The summed E-state index contributed by atoms with van der Waals surface area (Å²) in [6.45, 7) is 3.15. The molecule has 0 aromatic carbocycles. The van der Waals surface area contributed by atoms with Gasteiger partial charge in [0, 0.05) is 6.61 Å². The van der Waals surface area contributed by atoms with E-state index in [4.69, 9.17) is 4.74 Å². The molecule has 0 radical (unpaired) electrons. The molecule has 3 nitrogen and oxygen atoms in total. The van der Waals surface area contributed by atoms with E-state index in [1.54, 1.807) is 0 Å². The van der Waals surface area contributed by atoms with Gasteiger partial charge in [-0.1, -0.05) is 26.2 Å². The van der Waals surface area contributed by atoms with Crippen molar-refractivity contribution >= 4 is 0 Å². The van der Waals surface area contributed by atoms with Crippen molar-refractivity contribution in [1.29, 1.82) is 5.26 Å². The maximum Gasteiger partial charge on any atom is 0.109 e. The van der Waals surface area contributed by atoms with E-state index in [2.05, 4.69) is 18.3 Å². The van der Waals surface area contributed by atoms with Crippen molar-refractivity contribution < 1.29 is 4.74 Å². The molecule has 2 rings (SSSR count). The third kappa shape index (κ3) is 3.49. The Balaban J connectivity index is 1.75. The molecule has 0 amide bonds. The second-order valence-electron chi connectivity index (χ2n) is 6.48. The van der Waals surface area contributed by atoms with Crippen molar-refractivity contribution in [3.05, 3.63) is 0 Å². The Kier molecular flexibility index (Phi) is 5.24. The maximum atomic E-state index is 9.42. The minimum atomic E-state index is -0.288. The average molecular weight is 264 g/mol. The molecule has 0 bridgehead atoms. The fraction of sp³-hybridized carbons (Fsp3) is 0.938. The van der Waals surface area contributed by atoms with Gasteiger partial charge >= 0.3 is 0 Å². The van der Waals surface area contributed by atoms with Gasteiger partial charge in [0.25, 0.3) is 0 Å².